The zero-order valence-electron chi connectivity index (χ0n) is 29.5. The van der Waals surface area contributed by atoms with Crippen LogP contribution in [0.25, 0.3) is 10.9 Å². The number of aromatic nitrogens is 5. The third-order valence-electron chi connectivity index (χ3n) is 10.5. The molecule has 0 saturated carbocycles. The Labute approximate surface area is 293 Å². The number of ether oxygens (including phenoxy) is 1. The van der Waals surface area contributed by atoms with E-state index in [2.05, 4.69) is 68.0 Å². The molecule has 7 rings (SSSR count). The molecule has 4 aromatic rings. The first-order chi connectivity index (χ1) is 24.3. The summed E-state index contributed by atoms with van der Waals surface area (Å²) >= 11 is 0. The van der Waals surface area contributed by atoms with Crippen LogP contribution in [0.2, 0.25) is 0 Å². The fourth-order valence-electron chi connectivity index (χ4n) is 7.63. The minimum atomic E-state index is -0.282. The van der Waals surface area contributed by atoms with Crippen LogP contribution in [0.4, 0.5) is 23.4 Å². The number of piperidine rings is 3. The number of imide groups is 1. The summed E-state index contributed by atoms with van der Waals surface area (Å²) in [5.74, 6) is 2.46. The van der Waals surface area contributed by atoms with Crippen LogP contribution in [0.3, 0.4) is 0 Å². The quantitative estimate of drug-likeness (QED) is 0.224. The van der Waals surface area contributed by atoms with Gasteiger partial charge in [0.2, 0.25) is 17.8 Å². The van der Waals surface area contributed by atoms with Gasteiger partial charge in [0.25, 0.3) is 0 Å². The molecule has 3 aliphatic rings. The number of amides is 2. The number of methoxy groups -OCH3 is 1. The van der Waals surface area contributed by atoms with Gasteiger partial charge in [-0.15, -0.1) is 0 Å². The van der Waals surface area contributed by atoms with E-state index in [-0.39, 0.29) is 23.8 Å². The van der Waals surface area contributed by atoms with Crippen LogP contribution in [0.1, 0.15) is 75.5 Å². The molecular weight excluding hydrogens is 632 g/mol. The van der Waals surface area contributed by atoms with Gasteiger partial charge in [0, 0.05) is 76.8 Å². The summed E-state index contributed by atoms with van der Waals surface area (Å²) in [6.07, 6.45) is 8.89. The minimum Gasteiger partial charge on any atom is -0.381 e. The Hall–Kier alpha value is -4.62. The van der Waals surface area contributed by atoms with Gasteiger partial charge in [0.05, 0.1) is 22.9 Å². The molecule has 0 bridgehead atoms. The first kappa shape index (κ1) is 33.9. The Morgan fingerprint density at radius 2 is 1.74 bits per heavy atom. The predicted molar refractivity (Wildman–Crippen MR) is 194 cm³/mol. The molecule has 1 atom stereocenters. The van der Waals surface area contributed by atoms with Gasteiger partial charge in [-0.1, -0.05) is 24.3 Å². The summed E-state index contributed by atoms with van der Waals surface area (Å²) in [6.45, 7) is 8.58. The summed E-state index contributed by atoms with van der Waals surface area (Å²) in [5.41, 5.74) is 3.21. The number of benzene rings is 1. The minimum absolute atomic E-state index is 0.176. The fourth-order valence-corrected chi connectivity index (χ4v) is 7.63. The highest BCUT2D eigenvalue weighted by Gasteiger charge is 2.31. The highest BCUT2D eigenvalue weighted by Crippen LogP contribution is 2.33. The van der Waals surface area contributed by atoms with Gasteiger partial charge in [-0.3, -0.25) is 24.5 Å². The van der Waals surface area contributed by atoms with Gasteiger partial charge in [-0.2, -0.15) is 10.1 Å². The smallest absolute Gasteiger partial charge is 0.234 e. The molecule has 0 radical (unpaired) electrons. The van der Waals surface area contributed by atoms with Gasteiger partial charge in [0.1, 0.15) is 11.6 Å². The lowest BCUT2D eigenvalue weighted by Gasteiger charge is -2.37. The van der Waals surface area contributed by atoms with Crippen LogP contribution in [-0.4, -0.2) is 93.9 Å². The molecule has 2 N–H and O–H groups in total. The lowest BCUT2D eigenvalue weighted by Crippen LogP contribution is -2.43. The first-order valence-corrected chi connectivity index (χ1v) is 17.9. The normalized spacial score (nSPS) is 19.5. The summed E-state index contributed by atoms with van der Waals surface area (Å²) in [6, 6.07) is 12.7. The van der Waals surface area contributed by atoms with Crippen LogP contribution < -0.4 is 20.4 Å². The number of nitrogens with one attached hydrogen (secondary N) is 2. The van der Waals surface area contributed by atoms with E-state index in [9.17, 15) is 9.59 Å². The molecule has 264 valence electrons. The number of carbonyl (C=O) groups excluding carboxylic acids is 2. The number of pyridine rings is 1. The zero-order chi connectivity index (χ0) is 34.8. The van der Waals surface area contributed by atoms with Crippen LogP contribution in [0.15, 0.2) is 48.8 Å². The Balaban J connectivity index is 1.02. The molecule has 3 aliphatic heterocycles. The third kappa shape index (κ3) is 7.15. The molecule has 3 fully saturated rings. The molecule has 13 heteroatoms. The largest absolute Gasteiger partial charge is 0.381 e. The highest BCUT2D eigenvalue weighted by atomic mass is 16.5. The van der Waals surface area contributed by atoms with Crippen molar-refractivity contribution in [1.29, 1.82) is 0 Å². The molecule has 1 aromatic carbocycles. The second kappa shape index (κ2) is 14.7. The zero-order valence-corrected chi connectivity index (χ0v) is 29.5. The van der Waals surface area contributed by atoms with E-state index < -0.39 is 0 Å². The maximum atomic E-state index is 12.7. The molecule has 13 nitrogen and oxygen atoms in total. The Morgan fingerprint density at radius 3 is 2.48 bits per heavy atom. The molecule has 3 aromatic heterocycles. The number of rotatable bonds is 10. The summed E-state index contributed by atoms with van der Waals surface area (Å²) < 4.78 is 7.61. The van der Waals surface area contributed by atoms with E-state index in [0.29, 0.717) is 42.6 Å². The van der Waals surface area contributed by atoms with Crippen molar-refractivity contribution in [3.63, 3.8) is 0 Å². The number of anilines is 4. The highest BCUT2D eigenvalue weighted by molar-refractivity contribution is 6.01. The molecular formula is C37H48N10O3. The molecule has 3 saturated heterocycles. The average Bonchev–Trinajstić information content (AvgIpc) is 3.51. The van der Waals surface area contributed by atoms with E-state index in [1.165, 1.54) is 0 Å². The SMILES string of the molecule is COC1CCN(c2nccc(Nc3cc4c(cn3)c(N3CCC(N(C)Cc5ccccc5C5CCC(=O)NC5=O)CC3)nn4C(C)C)n2)CC1. The summed E-state index contributed by atoms with van der Waals surface area (Å²) in [4.78, 5) is 45.5. The molecule has 2 amide bonds. The van der Waals surface area contributed by atoms with E-state index in [1.807, 2.05) is 30.5 Å². The topological polar surface area (TPSA) is 134 Å². The predicted octanol–water partition coefficient (Wildman–Crippen LogP) is 4.78. The van der Waals surface area contributed by atoms with Crippen molar-refractivity contribution in [3.8, 4) is 0 Å². The number of carbonyl (C=O) groups is 2. The fraction of sp³-hybridized carbons (Fsp3) is 0.514. The number of fused-ring (bicyclic) bond motifs is 1. The monoisotopic (exact) mass is 680 g/mol. The lowest BCUT2D eigenvalue weighted by atomic mass is 9.87. The number of nitrogens with zero attached hydrogens (tertiary/aromatic N) is 8. The second-order valence-corrected chi connectivity index (χ2v) is 14.1. The van der Waals surface area contributed by atoms with Gasteiger partial charge < -0.3 is 19.9 Å². The van der Waals surface area contributed by atoms with Crippen molar-refractivity contribution in [1.82, 2.24) is 34.9 Å². The molecule has 50 heavy (non-hydrogen) atoms. The van der Waals surface area contributed by atoms with E-state index in [0.717, 1.165) is 86.3 Å². The molecule has 1 unspecified atom stereocenters. The summed E-state index contributed by atoms with van der Waals surface area (Å²) in [5, 5.41) is 12.1. The van der Waals surface area contributed by atoms with Crippen LogP contribution >= 0.6 is 0 Å². The van der Waals surface area contributed by atoms with Gasteiger partial charge >= 0.3 is 0 Å². The summed E-state index contributed by atoms with van der Waals surface area (Å²) in [7, 11) is 3.95. The maximum absolute atomic E-state index is 12.7. The molecule has 0 spiro atoms. The molecule has 0 aliphatic carbocycles. The van der Waals surface area contributed by atoms with Crippen molar-refractivity contribution < 1.29 is 14.3 Å². The Bertz CT molecular complexity index is 1830. The Kier molecular flexibility index (Phi) is 9.95. The average molecular weight is 681 g/mol. The maximum Gasteiger partial charge on any atom is 0.234 e. The van der Waals surface area contributed by atoms with Crippen molar-refractivity contribution >= 4 is 46.1 Å². The second-order valence-electron chi connectivity index (χ2n) is 14.1. The van der Waals surface area contributed by atoms with E-state index in [1.54, 1.807) is 13.3 Å². The van der Waals surface area contributed by atoms with Crippen LogP contribution in [0.5, 0.6) is 0 Å². The van der Waals surface area contributed by atoms with E-state index in [4.69, 9.17) is 19.8 Å². The van der Waals surface area contributed by atoms with E-state index >= 15 is 0 Å². The number of hydrogen-bond donors (Lipinski definition) is 2. The third-order valence-corrected chi connectivity index (χ3v) is 10.5. The van der Waals surface area contributed by atoms with Crippen molar-refractivity contribution in [3.05, 3.63) is 59.9 Å². The van der Waals surface area contributed by atoms with Gasteiger partial charge in [-0.25, -0.2) is 9.97 Å². The van der Waals surface area contributed by atoms with Crippen LogP contribution in [0, 0.1) is 0 Å². The lowest BCUT2D eigenvalue weighted by molar-refractivity contribution is -0.134. The Morgan fingerprint density at radius 1 is 0.980 bits per heavy atom. The van der Waals surface area contributed by atoms with Crippen molar-refractivity contribution in [2.75, 3.05) is 55.5 Å². The number of hydrogen-bond acceptors (Lipinski definition) is 11. The standard InChI is InChI=1S/C37H48N10O3/c1-24(2)47-31-21-33(40-32-11-16-38-37(41-32)46-19-14-27(50-4)15-20-46)39-22-30(31)35(43-47)45-17-12-26(13-18-45)44(3)23-25-7-5-6-8-28(25)29-9-10-34(48)42-36(29)49/h5-8,11,16,21-22,24,26-27,29H,9-10,12-15,17-20,23H2,1-4H3,(H,42,48,49)(H,38,39,40,41). The van der Waals surface area contributed by atoms with Crippen molar-refractivity contribution in [2.45, 2.75) is 83.0 Å². The van der Waals surface area contributed by atoms with Crippen molar-refractivity contribution in [2.24, 2.45) is 0 Å². The van der Waals surface area contributed by atoms with Gasteiger partial charge in [0.15, 0.2) is 5.82 Å². The molecule has 6 heterocycles. The van der Waals surface area contributed by atoms with Gasteiger partial charge in [-0.05, 0) is 70.2 Å². The van der Waals surface area contributed by atoms with Crippen LogP contribution in [-0.2, 0) is 20.9 Å². The first-order valence-electron chi connectivity index (χ1n) is 17.9.